The molecule has 2 heterocycles. The molecular formula is C17H14BrN3O2S. The van der Waals surface area contributed by atoms with Gasteiger partial charge in [-0.2, -0.15) is 0 Å². The molecule has 0 aliphatic heterocycles. The number of halogens is 1. The third-order valence-electron chi connectivity index (χ3n) is 4.11. The molecule has 1 amide bonds. The number of benzene rings is 1. The second-order valence-corrected chi connectivity index (χ2v) is 7.77. The summed E-state index contributed by atoms with van der Waals surface area (Å²) in [6, 6.07) is 7.34. The van der Waals surface area contributed by atoms with Gasteiger partial charge in [0.25, 0.3) is 5.56 Å². The number of nitrogens with one attached hydrogen (secondary N) is 1. The van der Waals surface area contributed by atoms with Gasteiger partial charge in [0.2, 0.25) is 5.91 Å². The van der Waals surface area contributed by atoms with Crippen LogP contribution in [0.25, 0.3) is 10.2 Å². The van der Waals surface area contributed by atoms with Crippen molar-refractivity contribution >= 4 is 49.1 Å². The molecule has 24 heavy (non-hydrogen) atoms. The van der Waals surface area contributed by atoms with Crippen LogP contribution in [-0.4, -0.2) is 15.5 Å². The zero-order valence-corrected chi connectivity index (χ0v) is 15.1. The number of hydrogen-bond acceptors (Lipinski definition) is 4. The maximum Gasteiger partial charge on any atom is 0.262 e. The van der Waals surface area contributed by atoms with Crippen molar-refractivity contribution in [2.24, 2.45) is 0 Å². The Morgan fingerprint density at radius 1 is 1.38 bits per heavy atom. The minimum atomic E-state index is -0.247. The van der Waals surface area contributed by atoms with E-state index in [2.05, 4.69) is 26.2 Å². The van der Waals surface area contributed by atoms with Crippen molar-refractivity contribution in [3.63, 3.8) is 0 Å². The molecule has 1 N–H and O–H groups in total. The molecule has 3 aromatic rings. The minimum Gasteiger partial charge on any atom is -0.324 e. The molecule has 5 nitrogen and oxygen atoms in total. The van der Waals surface area contributed by atoms with Crippen LogP contribution in [0, 0.1) is 0 Å². The number of thiophene rings is 1. The summed E-state index contributed by atoms with van der Waals surface area (Å²) in [7, 11) is 0. The number of hydrogen-bond donors (Lipinski definition) is 1. The fourth-order valence-electron chi connectivity index (χ4n) is 3.05. The van der Waals surface area contributed by atoms with E-state index in [9.17, 15) is 9.59 Å². The van der Waals surface area contributed by atoms with E-state index in [0.29, 0.717) is 11.1 Å². The Hall–Kier alpha value is -1.99. The summed E-state index contributed by atoms with van der Waals surface area (Å²) < 4.78 is 2.27. The van der Waals surface area contributed by atoms with Gasteiger partial charge in [-0.3, -0.25) is 14.2 Å². The van der Waals surface area contributed by atoms with Crippen LogP contribution in [0.5, 0.6) is 0 Å². The molecule has 0 bridgehead atoms. The molecule has 1 aromatic carbocycles. The molecular weight excluding hydrogens is 390 g/mol. The van der Waals surface area contributed by atoms with E-state index in [0.717, 1.165) is 34.1 Å². The van der Waals surface area contributed by atoms with Crippen molar-refractivity contribution in [2.75, 3.05) is 5.32 Å². The van der Waals surface area contributed by atoms with Crippen LogP contribution >= 0.6 is 27.3 Å². The number of carbonyl (C=O) groups excluding carboxylic acids is 1. The van der Waals surface area contributed by atoms with Crippen LogP contribution in [-0.2, 0) is 24.2 Å². The Morgan fingerprint density at radius 2 is 2.25 bits per heavy atom. The van der Waals surface area contributed by atoms with Gasteiger partial charge in [-0.05, 0) is 43.0 Å². The van der Waals surface area contributed by atoms with E-state index in [1.807, 2.05) is 18.2 Å². The first-order chi connectivity index (χ1) is 11.6. The summed E-state index contributed by atoms with van der Waals surface area (Å²) in [4.78, 5) is 31.4. The van der Waals surface area contributed by atoms with Crippen LogP contribution in [0.4, 0.5) is 5.69 Å². The van der Waals surface area contributed by atoms with Gasteiger partial charge in [-0.1, -0.05) is 22.0 Å². The van der Waals surface area contributed by atoms with Crippen molar-refractivity contribution in [2.45, 2.75) is 25.8 Å². The Labute approximate surface area is 150 Å². The standard InChI is InChI=1S/C17H14BrN3O2S/c18-10-3-1-4-11(7-10)20-14(22)8-21-9-19-16-15(17(21)23)12-5-2-6-13(12)24-16/h1,3-4,7,9H,2,5-6,8H2,(H,20,22). The summed E-state index contributed by atoms with van der Waals surface area (Å²) >= 11 is 4.97. The highest BCUT2D eigenvalue weighted by atomic mass is 79.9. The number of aromatic nitrogens is 2. The molecule has 7 heteroatoms. The highest BCUT2D eigenvalue weighted by molar-refractivity contribution is 9.10. The second kappa shape index (κ2) is 6.14. The van der Waals surface area contributed by atoms with Gasteiger partial charge in [-0.15, -0.1) is 11.3 Å². The Kier molecular flexibility index (Phi) is 3.97. The van der Waals surface area contributed by atoms with Gasteiger partial charge in [0, 0.05) is 15.0 Å². The maximum absolute atomic E-state index is 12.7. The lowest BCUT2D eigenvalue weighted by Crippen LogP contribution is -2.28. The zero-order chi connectivity index (χ0) is 16.7. The van der Waals surface area contributed by atoms with Crippen LogP contribution in [0.1, 0.15) is 16.9 Å². The normalized spacial score (nSPS) is 13.2. The Bertz CT molecular complexity index is 1010. The second-order valence-electron chi connectivity index (χ2n) is 5.77. The van der Waals surface area contributed by atoms with Crippen LogP contribution in [0.15, 0.2) is 39.9 Å². The first-order valence-corrected chi connectivity index (χ1v) is 9.28. The van der Waals surface area contributed by atoms with E-state index >= 15 is 0 Å². The summed E-state index contributed by atoms with van der Waals surface area (Å²) in [6.07, 6.45) is 4.52. The number of rotatable bonds is 3. The van der Waals surface area contributed by atoms with E-state index in [1.165, 1.54) is 15.8 Å². The Morgan fingerprint density at radius 3 is 3.08 bits per heavy atom. The highest BCUT2D eigenvalue weighted by Crippen LogP contribution is 2.34. The minimum absolute atomic E-state index is 0.0428. The molecule has 0 radical (unpaired) electrons. The van der Waals surface area contributed by atoms with Crippen molar-refractivity contribution in [1.82, 2.24) is 9.55 Å². The molecule has 4 rings (SSSR count). The average Bonchev–Trinajstić information content (AvgIpc) is 3.10. The quantitative estimate of drug-likeness (QED) is 0.728. The van der Waals surface area contributed by atoms with Gasteiger partial charge in [0.15, 0.2) is 0 Å². The lowest BCUT2D eigenvalue weighted by molar-refractivity contribution is -0.116. The third-order valence-corrected chi connectivity index (χ3v) is 5.81. The van der Waals surface area contributed by atoms with Crippen molar-refractivity contribution < 1.29 is 4.79 Å². The molecule has 0 unspecified atom stereocenters. The maximum atomic E-state index is 12.7. The van der Waals surface area contributed by atoms with Gasteiger partial charge >= 0.3 is 0 Å². The first-order valence-electron chi connectivity index (χ1n) is 7.67. The predicted octanol–water partition coefficient (Wildman–Crippen LogP) is 3.35. The number of fused-ring (bicyclic) bond motifs is 3. The van der Waals surface area contributed by atoms with E-state index < -0.39 is 0 Å². The monoisotopic (exact) mass is 403 g/mol. The number of carbonyl (C=O) groups is 1. The molecule has 2 aromatic heterocycles. The van der Waals surface area contributed by atoms with Gasteiger partial charge in [0.05, 0.1) is 11.7 Å². The SMILES string of the molecule is O=C(Cn1cnc2sc3c(c2c1=O)CCC3)Nc1cccc(Br)c1. The topological polar surface area (TPSA) is 64.0 Å². The molecule has 1 aliphatic rings. The van der Waals surface area contributed by atoms with Crippen molar-refractivity contribution in [3.8, 4) is 0 Å². The first kappa shape index (κ1) is 15.5. The van der Waals surface area contributed by atoms with Gasteiger partial charge < -0.3 is 5.32 Å². The largest absolute Gasteiger partial charge is 0.324 e. The molecule has 1 aliphatic carbocycles. The van der Waals surface area contributed by atoms with Crippen LogP contribution in [0.3, 0.4) is 0 Å². The average molecular weight is 404 g/mol. The van der Waals surface area contributed by atoms with Gasteiger partial charge in [0.1, 0.15) is 11.4 Å². The number of amides is 1. The van der Waals surface area contributed by atoms with Crippen molar-refractivity contribution in [1.29, 1.82) is 0 Å². The summed E-state index contributed by atoms with van der Waals surface area (Å²) in [5, 5.41) is 3.50. The fourth-order valence-corrected chi connectivity index (χ4v) is 4.67. The van der Waals surface area contributed by atoms with E-state index in [4.69, 9.17) is 0 Å². The summed E-state index contributed by atoms with van der Waals surface area (Å²) in [5.74, 6) is -0.247. The van der Waals surface area contributed by atoms with E-state index in [-0.39, 0.29) is 18.0 Å². The van der Waals surface area contributed by atoms with Gasteiger partial charge in [-0.25, -0.2) is 4.98 Å². The highest BCUT2D eigenvalue weighted by Gasteiger charge is 2.21. The third kappa shape index (κ3) is 2.78. The lowest BCUT2D eigenvalue weighted by atomic mass is 10.2. The van der Waals surface area contributed by atoms with Crippen LogP contribution < -0.4 is 10.9 Å². The molecule has 122 valence electrons. The molecule has 0 atom stereocenters. The molecule has 0 saturated heterocycles. The Balaban J connectivity index is 1.61. The van der Waals surface area contributed by atoms with Crippen molar-refractivity contribution in [3.05, 3.63) is 55.9 Å². The summed E-state index contributed by atoms with van der Waals surface area (Å²) in [6.45, 7) is -0.0428. The number of anilines is 1. The van der Waals surface area contributed by atoms with E-state index in [1.54, 1.807) is 17.4 Å². The number of aryl methyl sites for hydroxylation is 2. The fraction of sp³-hybridized carbons (Fsp3) is 0.235. The number of nitrogens with zero attached hydrogens (tertiary/aromatic N) is 2. The summed E-state index contributed by atoms with van der Waals surface area (Å²) in [5.41, 5.74) is 1.70. The van der Waals surface area contributed by atoms with Crippen LogP contribution in [0.2, 0.25) is 0 Å². The zero-order valence-electron chi connectivity index (χ0n) is 12.7. The lowest BCUT2D eigenvalue weighted by Gasteiger charge is -2.08. The molecule has 0 fully saturated rings. The molecule has 0 spiro atoms. The molecule has 0 saturated carbocycles. The predicted molar refractivity (Wildman–Crippen MR) is 98.7 cm³/mol. The smallest absolute Gasteiger partial charge is 0.262 e.